The van der Waals surface area contributed by atoms with Gasteiger partial charge in [0.25, 0.3) is 0 Å². The summed E-state index contributed by atoms with van der Waals surface area (Å²) in [6, 6.07) is 8.31. The lowest BCUT2D eigenvalue weighted by Gasteiger charge is -1.98. The van der Waals surface area contributed by atoms with Crippen molar-refractivity contribution < 1.29 is 9.53 Å². The van der Waals surface area contributed by atoms with Gasteiger partial charge in [0.1, 0.15) is 0 Å². The van der Waals surface area contributed by atoms with Crippen molar-refractivity contribution in [1.82, 2.24) is 0 Å². The molecule has 0 saturated carbocycles. The Morgan fingerprint density at radius 1 is 1.25 bits per heavy atom. The van der Waals surface area contributed by atoms with E-state index in [1.165, 1.54) is 5.56 Å². The molecule has 0 unspecified atom stereocenters. The van der Waals surface area contributed by atoms with Crippen LogP contribution in [0.4, 0.5) is 0 Å². The highest BCUT2D eigenvalue weighted by Crippen LogP contribution is 2.07. The number of carbonyl (C=O) groups excluding carboxylic acids is 1. The van der Waals surface area contributed by atoms with E-state index >= 15 is 0 Å². The van der Waals surface area contributed by atoms with Crippen LogP contribution in [0.1, 0.15) is 31.4 Å². The van der Waals surface area contributed by atoms with E-state index in [9.17, 15) is 4.79 Å². The van der Waals surface area contributed by atoms with Gasteiger partial charge in [0.2, 0.25) is 0 Å². The van der Waals surface area contributed by atoms with E-state index in [1.807, 2.05) is 19.1 Å². The molecule has 0 N–H and O–H groups in total. The maximum Gasteiger partial charge on any atom is 0.309 e. The predicted octanol–water partition coefficient (Wildman–Crippen LogP) is 3.22. The Kier molecular flexibility index (Phi) is 5.34. The SMILES string of the molecule is CCOC(=O)CC=Cc1ccc(CC)cc1. The molecule has 1 rings (SSSR count). The molecule has 0 amide bonds. The zero-order valence-corrected chi connectivity index (χ0v) is 9.90. The summed E-state index contributed by atoms with van der Waals surface area (Å²) < 4.78 is 4.83. The largest absolute Gasteiger partial charge is 0.466 e. The van der Waals surface area contributed by atoms with Crippen LogP contribution in [0.2, 0.25) is 0 Å². The van der Waals surface area contributed by atoms with E-state index in [0.29, 0.717) is 13.0 Å². The zero-order valence-electron chi connectivity index (χ0n) is 9.90. The molecule has 0 fully saturated rings. The molecule has 0 heterocycles. The average molecular weight is 218 g/mol. The van der Waals surface area contributed by atoms with Crippen molar-refractivity contribution in [2.75, 3.05) is 6.61 Å². The smallest absolute Gasteiger partial charge is 0.309 e. The molecular weight excluding hydrogens is 200 g/mol. The Morgan fingerprint density at radius 2 is 1.94 bits per heavy atom. The summed E-state index contributed by atoms with van der Waals surface area (Å²) in [5.41, 5.74) is 2.43. The van der Waals surface area contributed by atoms with Crippen molar-refractivity contribution in [3.05, 3.63) is 41.5 Å². The minimum atomic E-state index is -0.177. The molecule has 1 aromatic carbocycles. The monoisotopic (exact) mass is 218 g/mol. The van der Waals surface area contributed by atoms with Crippen molar-refractivity contribution >= 4 is 12.0 Å². The summed E-state index contributed by atoms with van der Waals surface area (Å²) in [7, 11) is 0. The second-order valence-corrected chi connectivity index (χ2v) is 3.51. The Morgan fingerprint density at radius 3 is 2.50 bits per heavy atom. The van der Waals surface area contributed by atoms with Crippen LogP contribution in [0.25, 0.3) is 6.08 Å². The van der Waals surface area contributed by atoms with E-state index in [1.54, 1.807) is 0 Å². The topological polar surface area (TPSA) is 26.3 Å². The number of benzene rings is 1. The molecule has 0 radical (unpaired) electrons. The molecule has 0 aliphatic heterocycles. The summed E-state index contributed by atoms with van der Waals surface area (Å²) in [5, 5.41) is 0. The molecule has 1 aromatic rings. The van der Waals surface area contributed by atoms with Crippen LogP contribution in [0.15, 0.2) is 30.3 Å². The van der Waals surface area contributed by atoms with Crippen LogP contribution in [-0.2, 0) is 16.0 Å². The molecule has 86 valence electrons. The molecule has 0 atom stereocenters. The third-order valence-corrected chi connectivity index (χ3v) is 2.29. The summed E-state index contributed by atoms with van der Waals surface area (Å²) in [6.07, 6.45) is 5.16. The lowest BCUT2D eigenvalue weighted by molar-refractivity contribution is -0.142. The fraction of sp³-hybridized carbons (Fsp3) is 0.357. The zero-order chi connectivity index (χ0) is 11.8. The molecule has 16 heavy (non-hydrogen) atoms. The van der Waals surface area contributed by atoms with Gasteiger partial charge in [-0.1, -0.05) is 43.3 Å². The predicted molar refractivity (Wildman–Crippen MR) is 66.1 cm³/mol. The number of aryl methyl sites for hydroxylation is 1. The molecule has 0 aliphatic rings. The summed E-state index contributed by atoms with van der Waals surface area (Å²) >= 11 is 0. The van der Waals surface area contributed by atoms with Gasteiger partial charge in [-0.05, 0) is 24.5 Å². The van der Waals surface area contributed by atoms with E-state index in [0.717, 1.165) is 12.0 Å². The van der Waals surface area contributed by atoms with Crippen LogP contribution < -0.4 is 0 Å². The first kappa shape index (κ1) is 12.5. The third-order valence-electron chi connectivity index (χ3n) is 2.29. The van der Waals surface area contributed by atoms with Crippen molar-refractivity contribution in [2.24, 2.45) is 0 Å². The van der Waals surface area contributed by atoms with Crippen LogP contribution in [-0.4, -0.2) is 12.6 Å². The summed E-state index contributed by atoms with van der Waals surface area (Å²) in [5.74, 6) is -0.177. The molecule has 2 nitrogen and oxygen atoms in total. The second-order valence-electron chi connectivity index (χ2n) is 3.51. The first-order chi connectivity index (χ1) is 7.76. The second kappa shape index (κ2) is 6.83. The van der Waals surface area contributed by atoms with Crippen LogP contribution in [0.3, 0.4) is 0 Å². The van der Waals surface area contributed by atoms with Gasteiger partial charge in [-0.3, -0.25) is 4.79 Å². The minimum Gasteiger partial charge on any atom is -0.466 e. The van der Waals surface area contributed by atoms with Crippen LogP contribution in [0, 0.1) is 0 Å². The Bertz CT molecular complexity index is 350. The quantitative estimate of drug-likeness (QED) is 0.709. The van der Waals surface area contributed by atoms with Crippen LogP contribution >= 0.6 is 0 Å². The van der Waals surface area contributed by atoms with Gasteiger partial charge in [-0.2, -0.15) is 0 Å². The number of ether oxygens (including phenoxy) is 1. The lowest BCUT2D eigenvalue weighted by atomic mass is 10.1. The van der Waals surface area contributed by atoms with Crippen molar-refractivity contribution in [2.45, 2.75) is 26.7 Å². The van der Waals surface area contributed by atoms with E-state index in [4.69, 9.17) is 4.74 Å². The van der Waals surface area contributed by atoms with Gasteiger partial charge in [0, 0.05) is 0 Å². The molecular formula is C14H18O2. The molecule has 0 aliphatic carbocycles. The molecule has 0 spiro atoms. The minimum absolute atomic E-state index is 0.177. The highest BCUT2D eigenvalue weighted by atomic mass is 16.5. The fourth-order valence-electron chi connectivity index (χ4n) is 1.38. The molecule has 0 saturated heterocycles. The lowest BCUT2D eigenvalue weighted by Crippen LogP contribution is -2.01. The first-order valence-corrected chi connectivity index (χ1v) is 5.67. The standard InChI is InChI=1S/C14H18O2/c1-3-12-8-10-13(11-9-12)6-5-7-14(15)16-4-2/h5-6,8-11H,3-4,7H2,1-2H3. The summed E-state index contributed by atoms with van der Waals surface area (Å²) in [6.45, 7) is 4.38. The highest BCUT2D eigenvalue weighted by Gasteiger charge is 1.96. The number of rotatable bonds is 5. The fourth-order valence-corrected chi connectivity index (χ4v) is 1.38. The van der Waals surface area contributed by atoms with Gasteiger partial charge in [0.05, 0.1) is 13.0 Å². The van der Waals surface area contributed by atoms with Crippen LogP contribution in [0.5, 0.6) is 0 Å². The van der Waals surface area contributed by atoms with E-state index < -0.39 is 0 Å². The van der Waals surface area contributed by atoms with Crippen molar-refractivity contribution in [3.8, 4) is 0 Å². The van der Waals surface area contributed by atoms with E-state index in [-0.39, 0.29) is 5.97 Å². The van der Waals surface area contributed by atoms with Gasteiger partial charge >= 0.3 is 5.97 Å². The first-order valence-electron chi connectivity index (χ1n) is 5.67. The number of hydrogen-bond donors (Lipinski definition) is 0. The number of esters is 1. The normalized spacial score (nSPS) is 10.6. The number of carbonyl (C=O) groups is 1. The van der Waals surface area contributed by atoms with Gasteiger partial charge in [-0.25, -0.2) is 0 Å². The number of hydrogen-bond acceptors (Lipinski definition) is 2. The Labute approximate surface area is 96.9 Å². The maximum absolute atomic E-state index is 11.1. The van der Waals surface area contributed by atoms with Gasteiger partial charge in [0.15, 0.2) is 0 Å². The average Bonchev–Trinajstić information content (AvgIpc) is 2.30. The summed E-state index contributed by atoms with van der Waals surface area (Å²) in [4.78, 5) is 11.1. The van der Waals surface area contributed by atoms with E-state index in [2.05, 4.69) is 31.2 Å². The highest BCUT2D eigenvalue weighted by molar-refractivity contribution is 5.72. The Balaban J connectivity index is 2.46. The molecule has 0 aromatic heterocycles. The van der Waals surface area contributed by atoms with Crippen molar-refractivity contribution in [3.63, 3.8) is 0 Å². The van der Waals surface area contributed by atoms with Gasteiger partial charge in [-0.15, -0.1) is 0 Å². The van der Waals surface area contributed by atoms with Crippen molar-refractivity contribution in [1.29, 1.82) is 0 Å². The molecule has 2 heteroatoms. The Hall–Kier alpha value is -1.57. The van der Waals surface area contributed by atoms with Gasteiger partial charge < -0.3 is 4.74 Å². The maximum atomic E-state index is 11.1. The third kappa shape index (κ3) is 4.30. The molecule has 0 bridgehead atoms.